The van der Waals surface area contributed by atoms with Gasteiger partial charge in [-0.1, -0.05) is 30.3 Å². The summed E-state index contributed by atoms with van der Waals surface area (Å²) in [6.07, 6.45) is 0. The van der Waals surface area contributed by atoms with Crippen LogP contribution in [0.4, 0.5) is 9.80 Å². The maximum absolute atomic E-state index is 13.0. The second-order valence-corrected chi connectivity index (χ2v) is 8.42. The number of ketones is 1. The van der Waals surface area contributed by atoms with Crippen molar-refractivity contribution in [3.05, 3.63) is 51.9 Å². The minimum atomic E-state index is -1.30. The Kier molecular flexibility index (Phi) is 6.45. The topological polar surface area (TPSA) is 122 Å². The summed E-state index contributed by atoms with van der Waals surface area (Å²) in [6.45, 7) is 5.74. The summed E-state index contributed by atoms with van der Waals surface area (Å²) in [5.74, 6) is -2.18. The van der Waals surface area contributed by atoms with Gasteiger partial charge in [0.15, 0.2) is 5.78 Å². The molecule has 3 rings (SSSR count). The van der Waals surface area contributed by atoms with Crippen molar-refractivity contribution in [3.8, 4) is 0 Å². The fraction of sp³-hybridized carbons (Fsp3) is 0.318. The molecule has 0 bridgehead atoms. The average Bonchev–Trinajstić information content (AvgIpc) is 3.18. The molecule has 1 aliphatic heterocycles. The number of rotatable bonds is 7. The third-order valence-electron chi connectivity index (χ3n) is 5.13. The molecule has 10 heteroatoms. The Morgan fingerprint density at radius 2 is 1.84 bits per heavy atom. The van der Waals surface area contributed by atoms with Crippen LogP contribution in [-0.2, 0) is 19.9 Å². The first-order valence-electron chi connectivity index (χ1n) is 9.91. The number of ether oxygens (including phenoxy) is 1. The summed E-state index contributed by atoms with van der Waals surface area (Å²) >= 11 is 0.947. The Labute approximate surface area is 188 Å². The van der Waals surface area contributed by atoms with E-state index in [0.29, 0.717) is 16.0 Å². The van der Waals surface area contributed by atoms with Gasteiger partial charge in [0.2, 0.25) is 5.91 Å². The number of esters is 1. The Hall–Kier alpha value is -3.53. The lowest BCUT2D eigenvalue weighted by Gasteiger charge is -2.22. The zero-order valence-corrected chi connectivity index (χ0v) is 18.9. The molecule has 168 valence electrons. The molecule has 0 saturated carbocycles. The molecule has 1 saturated heterocycles. The number of amides is 4. The first-order chi connectivity index (χ1) is 15.1. The van der Waals surface area contributed by atoms with Crippen LogP contribution >= 0.6 is 11.3 Å². The molecule has 1 atom stereocenters. The summed E-state index contributed by atoms with van der Waals surface area (Å²) in [5.41, 5.74) is -0.216. The van der Waals surface area contributed by atoms with Crippen LogP contribution in [0.3, 0.4) is 0 Å². The summed E-state index contributed by atoms with van der Waals surface area (Å²) in [6, 6.07) is 8.01. The smallest absolute Gasteiger partial charge is 0.341 e. The molecule has 1 aliphatic rings. The Morgan fingerprint density at radius 1 is 1.19 bits per heavy atom. The number of anilines is 1. The maximum atomic E-state index is 13.0. The van der Waals surface area contributed by atoms with Crippen molar-refractivity contribution in [2.75, 3.05) is 18.5 Å². The van der Waals surface area contributed by atoms with Gasteiger partial charge in [0.1, 0.15) is 17.1 Å². The van der Waals surface area contributed by atoms with Gasteiger partial charge in [0.05, 0.1) is 17.0 Å². The van der Waals surface area contributed by atoms with E-state index in [-0.39, 0.29) is 23.0 Å². The number of Topliss-reactive ketones (excluding diaryl/α,β-unsaturated/α-hetero) is 1. The molecule has 1 aromatic heterocycles. The number of carbonyl (C=O) groups is 5. The summed E-state index contributed by atoms with van der Waals surface area (Å²) in [4.78, 5) is 63.6. The van der Waals surface area contributed by atoms with E-state index >= 15 is 0 Å². The average molecular weight is 458 g/mol. The molecular formula is C22H23N3O6S. The monoisotopic (exact) mass is 457 g/mol. The van der Waals surface area contributed by atoms with Crippen LogP contribution in [0.15, 0.2) is 30.3 Å². The van der Waals surface area contributed by atoms with Gasteiger partial charge in [-0.15, -0.1) is 11.3 Å². The molecule has 2 aromatic rings. The van der Waals surface area contributed by atoms with E-state index in [2.05, 4.69) is 10.6 Å². The van der Waals surface area contributed by atoms with Gasteiger partial charge < -0.3 is 15.4 Å². The van der Waals surface area contributed by atoms with Crippen LogP contribution in [0, 0.1) is 6.92 Å². The quantitative estimate of drug-likeness (QED) is 0.375. The molecule has 0 aliphatic carbocycles. The Bertz CT molecular complexity index is 1110. The molecule has 32 heavy (non-hydrogen) atoms. The highest BCUT2D eigenvalue weighted by Gasteiger charge is 2.49. The number of urea groups is 1. The van der Waals surface area contributed by atoms with Gasteiger partial charge in [-0.25, -0.2) is 9.59 Å². The molecule has 4 amide bonds. The highest BCUT2D eigenvalue weighted by Crippen LogP contribution is 2.34. The lowest BCUT2D eigenvalue weighted by Crippen LogP contribution is -2.42. The van der Waals surface area contributed by atoms with Crippen LogP contribution in [0.1, 0.15) is 51.9 Å². The number of thiophene rings is 1. The predicted molar refractivity (Wildman–Crippen MR) is 118 cm³/mol. The lowest BCUT2D eigenvalue weighted by molar-refractivity contribution is -0.133. The standard InChI is InChI=1S/C22H23N3O6S/c1-5-31-19(28)16-12(2)17(13(3)26)32-18(16)23-15(27)11-25-20(29)22(4,24-21(25)30)14-9-7-6-8-10-14/h6-10H,5,11H2,1-4H3,(H,23,27)(H,24,30). The van der Waals surface area contributed by atoms with E-state index in [0.717, 1.165) is 16.2 Å². The van der Waals surface area contributed by atoms with Crippen molar-refractivity contribution in [1.82, 2.24) is 10.2 Å². The van der Waals surface area contributed by atoms with Crippen molar-refractivity contribution < 1.29 is 28.7 Å². The van der Waals surface area contributed by atoms with Gasteiger partial charge in [-0.3, -0.25) is 19.3 Å². The van der Waals surface area contributed by atoms with E-state index in [1.807, 2.05) is 0 Å². The first kappa shape index (κ1) is 23.1. The second-order valence-electron chi connectivity index (χ2n) is 7.40. The molecule has 1 aromatic carbocycles. The molecule has 0 radical (unpaired) electrons. The number of hydrogen-bond donors (Lipinski definition) is 2. The minimum Gasteiger partial charge on any atom is -0.462 e. The largest absolute Gasteiger partial charge is 0.462 e. The van der Waals surface area contributed by atoms with Crippen LogP contribution in [0.25, 0.3) is 0 Å². The predicted octanol–water partition coefficient (Wildman–Crippen LogP) is 2.84. The maximum Gasteiger partial charge on any atom is 0.341 e. The number of benzene rings is 1. The first-order valence-corrected chi connectivity index (χ1v) is 10.7. The van der Waals surface area contributed by atoms with Gasteiger partial charge in [0.25, 0.3) is 5.91 Å². The molecule has 9 nitrogen and oxygen atoms in total. The van der Waals surface area contributed by atoms with Crippen molar-refractivity contribution in [1.29, 1.82) is 0 Å². The SMILES string of the molecule is CCOC(=O)c1c(NC(=O)CN2C(=O)NC(C)(c3ccccc3)C2=O)sc(C(C)=O)c1C. The van der Waals surface area contributed by atoms with Crippen molar-refractivity contribution in [3.63, 3.8) is 0 Å². The highest BCUT2D eigenvalue weighted by molar-refractivity contribution is 7.18. The normalized spacial score (nSPS) is 17.8. The zero-order chi connectivity index (χ0) is 23.6. The van der Waals surface area contributed by atoms with Crippen LogP contribution in [-0.4, -0.2) is 47.6 Å². The van der Waals surface area contributed by atoms with Crippen LogP contribution < -0.4 is 10.6 Å². The zero-order valence-electron chi connectivity index (χ0n) is 18.1. The molecular weight excluding hydrogens is 434 g/mol. The molecule has 1 unspecified atom stereocenters. The number of imide groups is 1. The molecule has 2 heterocycles. The Balaban J connectivity index is 1.82. The molecule has 0 spiro atoms. The molecule has 2 N–H and O–H groups in total. The van der Waals surface area contributed by atoms with Gasteiger partial charge >= 0.3 is 12.0 Å². The van der Waals surface area contributed by atoms with Gasteiger partial charge in [0, 0.05) is 0 Å². The van der Waals surface area contributed by atoms with Gasteiger partial charge in [-0.2, -0.15) is 0 Å². The number of hydrogen-bond acceptors (Lipinski definition) is 7. The minimum absolute atomic E-state index is 0.0849. The van der Waals surface area contributed by atoms with Crippen molar-refractivity contribution >= 4 is 45.9 Å². The van der Waals surface area contributed by atoms with E-state index in [4.69, 9.17) is 4.74 Å². The number of nitrogens with zero attached hydrogens (tertiary/aromatic N) is 1. The fourth-order valence-corrected chi connectivity index (χ4v) is 4.61. The highest BCUT2D eigenvalue weighted by atomic mass is 32.1. The van der Waals surface area contributed by atoms with E-state index in [1.54, 1.807) is 51.1 Å². The van der Waals surface area contributed by atoms with E-state index in [9.17, 15) is 24.0 Å². The van der Waals surface area contributed by atoms with E-state index in [1.165, 1.54) is 6.92 Å². The summed E-state index contributed by atoms with van der Waals surface area (Å²) < 4.78 is 5.04. The third kappa shape index (κ3) is 4.13. The lowest BCUT2D eigenvalue weighted by atomic mass is 9.92. The molecule has 1 fully saturated rings. The van der Waals surface area contributed by atoms with Crippen LogP contribution in [0.2, 0.25) is 0 Å². The van der Waals surface area contributed by atoms with Gasteiger partial charge in [-0.05, 0) is 38.8 Å². The van der Waals surface area contributed by atoms with Crippen LogP contribution in [0.5, 0.6) is 0 Å². The van der Waals surface area contributed by atoms with Crippen molar-refractivity contribution in [2.45, 2.75) is 33.2 Å². The third-order valence-corrected chi connectivity index (χ3v) is 6.43. The van der Waals surface area contributed by atoms with E-state index < -0.39 is 35.9 Å². The summed E-state index contributed by atoms with van der Waals surface area (Å²) in [7, 11) is 0. The second kappa shape index (κ2) is 8.91. The van der Waals surface area contributed by atoms with Crippen molar-refractivity contribution in [2.24, 2.45) is 0 Å². The fourth-order valence-electron chi connectivity index (χ4n) is 3.50. The number of nitrogens with one attached hydrogen (secondary N) is 2. The Morgan fingerprint density at radius 3 is 2.44 bits per heavy atom. The number of carbonyl (C=O) groups excluding carboxylic acids is 5. The summed E-state index contributed by atoms with van der Waals surface area (Å²) in [5, 5.41) is 5.32.